The summed E-state index contributed by atoms with van der Waals surface area (Å²) in [5, 5.41) is 3.96. The summed E-state index contributed by atoms with van der Waals surface area (Å²) in [5.74, 6) is 0.533. The van der Waals surface area contributed by atoms with E-state index in [4.69, 9.17) is 9.47 Å². The number of benzene rings is 3. The first kappa shape index (κ1) is 14.8. The van der Waals surface area contributed by atoms with Gasteiger partial charge in [0.15, 0.2) is 0 Å². The molecule has 0 fully saturated rings. The van der Waals surface area contributed by atoms with Crippen LogP contribution in [-0.2, 0) is 9.59 Å². The molecule has 0 saturated heterocycles. The first-order valence-corrected chi connectivity index (χ1v) is 7.03. The molecule has 0 saturated carbocycles. The zero-order chi connectivity index (χ0) is 16.4. The van der Waals surface area contributed by atoms with Gasteiger partial charge in [-0.1, -0.05) is 30.8 Å². The molecule has 0 aliphatic carbocycles. The second kappa shape index (κ2) is 5.93. The minimum absolute atomic E-state index is 0.353. The van der Waals surface area contributed by atoms with E-state index < -0.39 is 5.97 Å². The van der Waals surface area contributed by atoms with Gasteiger partial charge in [0.2, 0.25) is 0 Å². The van der Waals surface area contributed by atoms with Gasteiger partial charge in [-0.3, -0.25) is 4.79 Å². The topological polar surface area (TPSA) is 52.6 Å². The van der Waals surface area contributed by atoms with Crippen molar-refractivity contribution in [2.45, 2.75) is 6.92 Å². The van der Waals surface area contributed by atoms with E-state index in [2.05, 4.69) is 6.58 Å². The summed E-state index contributed by atoms with van der Waals surface area (Å²) in [6.07, 6.45) is 0. The molecule has 0 radical (unpaired) electrons. The van der Waals surface area contributed by atoms with Crippen LogP contribution >= 0.6 is 0 Å². The lowest BCUT2D eigenvalue weighted by molar-refractivity contribution is -0.130. The van der Waals surface area contributed by atoms with Gasteiger partial charge >= 0.3 is 5.97 Å². The lowest BCUT2D eigenvalue weighted by atomic mass is 10.0. The molecule has 0 bridgehead atoms. The first-order valence-electron chi connectivity index (χ1n) is 7.03. The number of carbonyl (C=O) groups excluding carboxylic acids is 2. The second-order valence-corrected chi connectivity index (χ2v) is 5.22. The Hall–Kier alpha value is -3.14. The van der Waals surface area contributed by atoms with Crippen LogP contribution in [0.1, 0.15) is 6.92 Å². The molecule has 0 heterocycles. The molecule has 3 rings (SSSR count). The van der Waals surface area contributed by atoms with Gasteiger partial charge in [0.25, 0.3) is 6.47 Å². The van der Waals surface area contributed by atoms with Gasteiger partial charge in [0.1, 0.15) is 11.5 Å². The standard InChI is InChI=1S/C19H14O4/c1-12(2)19(21)23-16-6-8-18-14(10-16)4-3-13-9-15(22-11-20)5-7-17(13)18/h3-11H,1H2,2H3. The van der Waals surface area contributed by atoms with E-state index in [1.165, 1.54) is 0 Å². The van der Waals surface area contributed by atoms with Crippen molar-refractivity contribution in [3.63, 3.8) is 0 Å². The molecule has 114 valence electrons. The van der Waals surface area contributed by atoms with Crippen LogP contribution in [0.5, 0.6) is 11.5 Å². The molecule has 3 aromatic rings. The summed E-state index contributed by atoms with van der Waals surface area (Å²) in [5.41, 5.74) is 0.353. The predicted octanol–water partition coefficient (Wildman–Crippen LogP) is 4.01. The fourth-order valence-electron chi connectivity index (χ4n) is 2.41. The normalized spacial score (nSPS) is 10.5. The molecule has 0 aliphatic rings. The zero-order valence-corrected chi connectivity index (χ0v) is 12.5. The van der Waals surface area contributed by atoms with Crippen LogP contribution in [0.25, 0.3) is 21.5 Å². The van der Waals surface area contributed by atoms with Crippen LogP contribution < -0.4 is 9.47 Å². The van der Waals surface area contributed by atoms with E-state index in [1.807, 2.05) is 30.3 Å². The maximum Gasteiger partial charge on any atom is 0.338 e. The molecule has 4 heteroatoms. The number of rotatable bonds is 4. The van der Waals surface area contributed by atoms with Crippen molar-refractivity contribution in [3.05, 3.63) is 60.7 Å². The summed E-state index contributed by atoms with van der Waals surface area (Å²) in [6, 6.07) is 14.8. The highest BCUT2D eigenvalue weighted by atomic mass is 16.5. The highest BCUT2D eigenvalue weighted by Gasteiger charge is 2.08. The Kier molecular flexibility index (Phi) is 3.81. The molecular formula is C19H14O4. The van der Waals surface area contributed by atoms with E-state index in [0.717, 1.165) is 21.5 Å². The Bertz CT molecular complexity index is 941. The molecule has 4 nitrogen and oxygen atoms in total. The lowest BCUT2D eigenvalue weighted by Crippen LogP contribution is -2.07. The molecule has 0 atom stereocenters. The number of esters is 1. The Labute approximate surface area is 132 Å². The Morgan fingerprint density at radius 2 is 1.52 bits per heavy atom. The van der Waals surface area contributed by atoms with E-state index in [9.17, 15) is 9.59 Å². The molecule has 23 heavy (non-hydrogen) atoms. The summed E-state index contributed by atoms with van der Waals surface area (Å²) < 4.78 is 10.1. The maximum absolute atomic E-state index is 11.6. The summed E-state index contributed by atoms with van der Waals surface area (Å²) in [4.78, 5) is 22.0. The Morgan fingerprint density at radius 3 is 2.09 bits per heavy atom. The van der Waals surface area contributed by atoms with Crippen molar-refractivity contribution in [3.8, 4) is 11.5 Å². The van der Waals surface area contributed by atoms with Crippen molar-refractivity contribution in [2.24, 2.45) is 0 Å². The quantitative estimate of drug-likeness (QED) is 0.240. The van der Waals surface area contributed by atoms with Crippen LogP contribution in [0, 0.1) is 0 Å². The number of carbonyl (C=O) groups is 2. The molecule has 0 unspecified atom stereocenters. The van der Waals surface area contributed by atoms with Crippen molar-refractivity contribution in [1.29, 1.82) is 0 Å². The summed E-state index contributed by atoms with van der Waals surface area (Å²) in [6.45, 7) is 5.58. The third kappa shape index (κ3) is 2.92. The van der Waals surface area contributed by atoms with Crippen molar-refractivity contribution < 1.29 is 19.1 Å². The minimum atomic E-state index is -0.444. The van der Waals surface area contributed by atoms with E-state index in [-0.39, 0.29) is 0 Å². The van der Waals surface area contributed by atoms with Crippen LogP contribution in [0.2, 0.25) is 0 Å². The van der Waals surface area contributed by atoms with Crippen LogP contribution in [0.3, 0.4) is 0 Å². The summed E-state index contributed by atoms with van der Waals surface area (Å²) >= 11 is 0. The average molecular weight is 306 g/mol. The van der Waals surface area contributed by atoms with Crippen LogP contribution in [-0.4, -0.2) is 12.4 Å². The largest absolute Gasteiger partial charge is 0.429 e. The van der Waals surface area contributed by atoms with E-state index in [0.29, 0.717) is 23.5 Å². The molecule has 0 N–H and O–H groups in total. The molecule has 0 aliphatic heterocycles. The second-order valence-electron chi connectivity index (χ2n) is 5.22. The van der Waals surface area contributed by atoms with Gasteiger partial charge < -0.3 is 9.47 Å². The molecule has 0 amide bonds. The highest BCUT2D eigenvalue weighted by molar-refractivity contribution is 6.08. The molecule has 0 aromatic heterocycles. The Morgan fingerprint density at radius 1 is 0.957 bits per heavy atom. The summed E-state index contributed by atoms with van der Waals surface area (Å²) in [7, 11) is 0. The number of hydrogen-bond donors (Lipinski definition) is 0. The predicted molar refractivity (Wildman–Crippen MR) is 88.6 cm³/mol. The van der Waals surface area contributed by atoms with Crippen molar-refractivity contribution >= 4 is 34.0 Å². The van der Waals surface area contributed by atoms with Gasteiger partial charge in [-0.05, 0) is 52.7 Å². The number of fused-ring (bicyclic) bond motifs is 3. The van der Waals surface area contributed by atoms with Gasteiger partial charge in [-0.15, -0.1) is 0 Å². The van der Waals surface area contributed by atoms with Gasteiger partial charge in [-0.2, -0.15) is 0 Å². The Balaban J connectivity index is 2.06. The smallest absolute Gasteiger partial charge is 0.338 e. The minimum Gasteiger partial charge on any atom is -0.429 e. The van der Waals surface area contributed by atoms with E-state index >= 15 is 0 Å². The van der Waals surface area contributed by atoms with Gasteiger partial charge in [0, 0.05) is 5.57 Å². The molecule has 3 aromatic carbocycles. The van der Waals surface area contributed by atoms with Crippen LogP contribution in [0.4, 0.5) is 0 Å². The number of ether oxygens (including phenoxy) is 2. The van der Waals surface area contributed by atoms with Gasteiger partial charge in [0.05, 0.1) is 0 Å². The van der Waals surface area contributed by atoms with Gasteiger partial charge in [-0.25, -0.2) is 4.79 Å². The van der Waals surface area contributed by atoms with E-state index in [1.54, 1.807) is 25.1 Å². The number of hydrogen-bond acceptors (Lipinski definition) is 4. The fourth-order valence-corrected chi connectivity index (χ4v) is 2.41. The third-order valence-corrected chi connectivity index (χ3v) is 3.52. The van der Waals surface area contributed by atoms with Crippen LogP contribution in [0.15, 0.2) is 60.7 Å². The molecule has 0 spiro atoms. The average Bonchev–Trinajstić information content (AvgIpc) is 2.54. The third-order valence-electron chi connectivity index (χ3n) is 3.52. The van der Waals surface area contributed by atoms with Crippen molar-refractivity contribution in [1.82, 2.24) is 0 Å². The highest BCUT2D eigenvalue weighted by Crippen LogP contribution is 2.30. The lowest BCUT2D eigenvalue weighted by Gasteiger charge is -2.08. The zero-order valence-electron chi connectivity index (χ0n) is 12.5. The fraction of sp³-hybridized carbons (Fsp3) is 0.0526. The maximum atomic E-state index is 11.6. The monoisotopic (exact) mass is 306 g/mol. The SMILES string of the molecule is C=C(C)C(=O)Oc1ccc2c(ccc3cc(OC=O)ccc32)c1. The van der Waals surface area contributed by atoms with Crippen molar-refractivity contribution in [2.75, 3.05) is 0 Å². The first-order chi connectivity index (χ1) is 11.1. The molecular weight excluding hydrogens is 292 g/mol.